The molecule has 0 aromatic carbocycles. The summed E-state index contributed by atoms with van der Waals surface area (Å²) in [5.41, 5.74) is -0.560. The molecule has 3 N–H and O–H groups in total. The Morgan fingerprint density at radius 1 is 0.811 bits per heavy atom. The van der Waals surface area contributed by atoms with E-state index in [1.54, 1.807) is 20.8 Å². The molecule has 0 aromatic rings. The van der Waals surface area contributed by atoms with Crippen LogP contribution in [-0.4, -0.2) is 105 Å². The second kappa shape index (κ2) is 19.5. The molecule has 0 fully saturated rings. The van der Waals surface area contributed by atoms with Gasteiger partial charge in [0.1, 0.15) is 24.4 Å². The molecular formula is C23H41N3O10S. The van der Waals surface area contributed by atoms with Gasteiger partial charge >= 0.3 is 18.0 Å². The van der Waals surface area contributed by atoms with E-state index in [0.29, 0.717) is 26.4 Å². The van der Waals surface area contributed by atoms with Crippen molar-refractivity contribution in [2.45, 2.75) is 59.3 Å². The molecule has 14 heteroatoms. The third-order valence-corrected chi connectivity index (χ3v) is 5.10. The minimum atomic E-state index is -0.810. The van der Waals surface area contributed by atoms with Gasteiger partial charge in [0.2, 0.25) is 11.8 Å². The molecule has 214 valence electrons. The zero-order chi connectivity index (χ0) is 28.3. The zero-order valence-corrected chi connectivity index (χ0v) is 23.3. The Morgan fingerprint density at radius 3 is 1.92 bits per heavy atom. The molecule has 0 aromatic heterocycles. The number of alkyl carbamates (subject to hydrolysis) is 1. The lowest BCUT2D eigenvalue weighted by Gasteiger charge is -2.20. The van der Waals surface area contributed by atoms with Gasteiger partial charge < -0.3 is 39.6 Å². The standard InChI is InChI=1S/C23H41N3O10S/c1-16(27)26-20(15-37-14-19(35-18(3)29)13-34-17(2)28)21(30)24-7-9-32-11-12-33-10-8-25-22(31)36-23(4,5)6/h19-20H,7-15H2,1-6H3,(H,24,30)(H,25,31)(H,26,27)/t19?,20-/m0/s1. The van der Waals surface area contributed by atoms with Crippen molar-refractivity contribution in [1.29, 1.82) is 0 Å². The van der Waals surface area contributed by atoms with Crippen LogP contribution < -0.4 is 16.0 Å². The fraction of sp³-hybridized carbons (Fsp3) is 0.783. The van der Waals surface area contributed by atoms with Gasteiger partial charge in [-0.05, 0) is 20.8 Å². The maximum Gasteiger partial charge on any atom is 0.407 e. The van der Waals surface area contributed by atoms with E-state index in [1.807, 2.05) is 0 Å². The van der Waals surface area contributed by atoms with Crippen LogP contribution in [-0.2, 0) is 42.9 Å². The maximum atomic E-state index is 12.5. The number of thioether (sulfide) groups is 1. The fourth-order valence-corrected chi connectivity index (χ4v) is 3.57. The van der Waals surface area contributed by atoms with Crippen LogP contribution >= 0.6 is 11.8 Å². The molecule has 0 aliphatic carbocycles. The largest absolute Gasteiger partial charge is 0.462 e. The molecule has 0 bridgehead atoms. The second-order valence-corrected chi connectivity index (χ2v) is 9.84. The van der Waals surface area contributed by atoms with Crippen LogP contribution in [0.5, 0.6) is 0 Å². The highest BCUT2D eigenvalue weighted by atomic mass is 32.2. The Balaban J connectivity index is 4.15. The third-order valence-electron chi connectivity index (χ3n) is 3.92. The van der Waals surface area contributed by atoms with Crippen LogP contribution in [0.2, 0.25) is 0 Å². The van der Waals surface area contributed by atoms with E-state index in [0.717, 1.165) is 0 Å². The Morgan fingerprint density at radius 2 is 1.41 bits per heavy atom. The topological polar surface area (TPSA) is 168 Å². The van der Waals surface area contributed by atoms with Gasteiger partial charge in [-0.2, -0.15) is 11.8 Å². The predicted molar refractivity (Wildman–Crippen MR) is 136 cm³/mol. The highest BCUT2D eigenvalue weighted by Gasteiger charge is 2.21. The molecule has 0 aliphatic heterocycles. The molecule has 0 spiro atoms. The summed E-state index contributed by atoms with van der Waals surface area (Å²) in [6.45, 7) is 10.7. The van der Waals surface area contributed by atoms with Crippen LogP contribution in [0.3, 0.4) is 0 Å². The lowest BCUT2D eigenvalue weighted by molar-refractivity contribution is -0.154. The molecule has 37 heavy (non-hydrogen) atoms. The SMILES string of the molecule is CC(=O)N[C@@H](CSCC(COC(C)=O)OC(C)=O)C(=O)NCCOCCOCCNC(=O)OC(C)(C)C. The molecular weight excluding hydrogens is 510 g/mol. The van der Waals surface area contributed by atoms with Crippen molar-refractivity contribution in [2.75, 3.05) is 57.6 Å². The van der Waals surface area contributed by atoms with Crippen molar-refractivity contribution in [3.63, 3.8) is 0 Å². The third kappa shape index (κ3) is 22.4. The second-order valence-electron chi connectivity index (χ2n) is 8.77. The van der Waals surface area contributed by atoms with Crippen LogP contribution in [0.4, 0.5) is 4.79 Å². The summed E-state index contributed by atoms with van der Waals surface area (Å²) in [5.74, 6) is -1.29. The first-order chi connectivity index (χ1) is 17.3. The summed E-state index contributed by atoms with van der Waals surface area (Å²) >= 11 is 1.27. The lowest BCUT2D eigenvalue weighted by atomic mass is 10.2. The summed E-state index contributed by atoms with van der Waals surface area (Å²) < 4.78 is 25.9. The quantitative estimate of drug-likeness (QED) is 0.122. The van der Waals surface area contributed by atoms with Gasteiger partial charge in [0.15, 0.2) is 0 Å². The fourth-order valence-electron chi connectivity index (χ4n) is 2.54. The van der Waals surface area contributed by atoms with E-state index < -0.39 is 35.8 Å². The molecule has 0 heterocycles. The first-order valence-corrected chi connectivity index (χ1v) is 13.0. The molecule has 0 saturated carbocycles. The number of nitrogens with one attached hydrogen (secondary N) is 3. The summed E-state index contributed by atoms with van der Waals surface area (Å²) in [7, 11) is 0. The van der Waals surface area contributed by atoms with Gasteiger partial charge in [0, 0.05) is 45.4 Å². The highest BCUT2D eigenvalue weighted by molar-refractivity contribution is 7.99. The van der Waals surface area contributed by atoms with Crippen LogP contribution in [0, 0.1) is 0 Å². The average molecular weight is 552 g/mol. The summed E-state index contributed by atoms with van der Waals surface area (Å²) in [6.07, 6.45) is -1.18. The Kier molecular flexibility index (Phi) is 18.2. The Labute approximate surface area is 222 Å². The van der Waals surface area contributed by atoms with Crippen LogP contribution in [0.25, 0.3) is 0 Å². The normalized spacial score (nSPS) is 12.6. The minimum absolute atomic E-state index is 0.0970. The highest BCUT2D eigenvalue weighted by Crippen LogP contribution is 2.10. The van der Waals surface area contributed by atoms with Crippen LogP contribution in [0.15, 0.2) is 0 Å². The minimum Gasteiger partial charge on any atom is -0.462 e. The molecule has 0 radical (unpaired) electrons. The molecule has 13 nitrogen and oxygen atoms in total. The maximum absolute atomic E-state index is 12.5. The number of rotatable bonds is 18. The molecule has 1 unspecified atom stereocenters. The van der Waals surface area contributed by atoms with Gasteiger partial charge in [-0.25, -0.2) is 4.79 Å². The van der Waals surface area contributed by atoms with Gasteiger partial charge in [0.05, 0.1) is 26.4 Å². The predicted octanol–water partition coefficient (Wildman–Crippen LogP) is 0.393. The average Bonchev–Trinajstić information content (AvgIpc) is 2.75. The van der Waals surface area contributed by atoms with E-state index >= 15 is 0 Å². The van der Waals surface area contributed by atoms with Crippen molar-refractivity contribution in [3.8, 4) is 0 Å². The number of esters is 2. The number of hydrogen-bond acceptors (Lipinski definition) is 11. The number of carbonyl (C=O) groups is 5. The monoisotopic (exact) mass is 551 g/mol. The van der Waals surface area contributed by atoms with Crippen molar-refractivity contribution >= 4 is 41.6 Å². The van der Waals surface area contributed by atoms with E-state index in [9.17, 15) is 24.0 Å². The molecule has 0 rings (SSSR count). The summed E-state index contributed by atoms with van der Waals surface area (Å²) in [5, 5.41) is 7.85. The number of amides is 3. The van der Waals surface area contributed by atoms with Gasteiger partial charge in [-0.3, -0.25) is 19.2 Å². The lowest BCUT2D eigenvalue weighted by Crippen LogP contribution is -2.48. The number of hydrogen-bond donors (Lipinski definition) is 3. The van der Waals surface area contributed by atoms with Gasteiger partial charge in [-0.1, -0.05) is 0 Å². The van der Waals surface area contributed by atoms with Gasteiger partial charge in [-0.15, -0.1) is 0 Å². The first kappa shape index (κ1) is 34.4. The zero-order valence-electron chi connectivity index (χ0n) is 22.5. The van der Waals surface area contributed by atoms with E-state index in [4.69, 9.17) is 23.7 Å². The molecule has 2 atom stereocenters. The van der Waals surface area contributed by atoms with Gasteiger partial charge in [0.25, 0.3) is 0 Å². The van der Waals surface area contributed by atoms with Crippen LogP contribution in [0.1, 0.15) is 41.5 Å². The van der Waals surface area contributed by atoms with Crippen molar-refractivity contribution in [3.05, 3.63) is 0 Å². The Bertz CT molecular complexity index is 730. The van der Waals surface area contributed by atoms with Crippen molar-refractivity contribution in [2.24, 2.45) is 0 Å². The number of carbonyl (C=O) groups excluding carboxylic acids is 5. The van der Waals surface area contributed by atoms with E-state index in [-0.39, 0.29) is 43.1 Å². The van der Waals surface area contributed by atoms with E-state index in [1.165, 1.54) is 32.5 Å². The molecule has 3 amide bonds. The first-order valence-electron chi connectivity index (χ1n) is 11.9. The molecule has 0 saturated heterocycles. The molecule has 0 aliphatic rings. The summed E-state index contributed by atoms with van der Waals surface area (Å²) in [6, 6.07) is -0.810. The smallest absolute Gasteiger partial charge is 0.407 e. The van der Waals surface area contributed by atoms with Crippen molar-refractivity contribution in [1.82, 2.24) is 16.0 Å². The van der Waals surface area contributed by atoms with Crippen molar-refractivity contribution < 1.29 is 47.7 Å². The van der Waals surface area contributed by atoms with E-state index in [2.05, 4.69) is 16.0 Å². The Hall–Kier alpha value is -2.58. The number of ether oxygens (including phenoxy) is 5. The summed E-state index contributed by atoms with van der Waals surface area (Å²) in [4.78, 5) is 57.7.